The van der Waals surface area contributed by atoms with Gasteiger partial charge in [-0.25, -0.2) is 4.98 Å². The van der Waals surface area contributed by atoms with Crippen LogP contribution >= 0.6 is 0 Å². The van der Waals surface area contributed by atoms with Gasteiger partial charge in [0, 0.05) is 6.42 Å². The smallest absolute Gasteiger partial charge is 0.239 e. The molecule has 0 bridgehead atoms. The second kappa shape index (κ2) is 4.86. The summed E-state index contributed by atoms with van der Waals surface area (Å²) in [4.78, 5) is 19.5. The van der Waals surface area contributed by atoms with Gasteiger partial charge < -0.3 is 4.52 Å². The maximum Gasteiger partial charge on any atom is 0.239 e. The van der Waals surface area contributed by atoms with Gasteiger partial charge in [0.15, 0.2) is 5.82 Å². The van der Waals surface area contributed by atoms with E-state index in [0.717, 1.165) is 0 Å². The van der Waals surface area contributed by atoms with E-state index in [9.17, 15) is 4.79 Å². The van der Waals surface area contributed by atoms with E-state index < -0.39 is 0 Å². The van der Waals surface area contributed by atoms with Crippen LogP contribution in [0.25, 0.3) is 11.6 Å². The van der Waals surface area contributed by atoms with Crippen LogP contribution in [0.15, 0.2) is 10.9 Å². The molecule has 7 heteroatoms. The van der Waals surface area contributed by atoms with Crippen molar-refractivity contribution in [1.82, 2.24) is 25.3 Å². The summed E-state index contributed by atoms with van der Waals surface area (Å²) in [7, 11) is 0. The van der Waals surface area contributed by atoms with E-state index in [1.807, 2.05) is 13.8 Å². The fourth-order valence-electron chi connectivity index (χ4n) is 1.43. The van der Waals surface area contributed by atoms with Gasteiger partial charge in [-0.3, -0.25) is 9.89 Å². The number of hydrogen-bond donors (Lipinski definition) is 1. The Morgan fingerprint density at radius 1 is 1.53 bits per heavy atom. The lowest BCUT2D eigenvalue weighted by Gasteiger charge is -1.99. The molecule has 0 fully saturated rings. The van der Waals surface area contributed by atoms with Gasteiger partial charge in [-0.2, -0.15) is 10.1 Å². The van der Waals surface area contributed by atoms with E-state index in [1.54, 1.807) is 0 Å². The number of rotatable bonds is 5. The second-order valence-corrected chi connectivity index (χ2v) is 4.16. The molecule has 90 valence electrons. The van der Waals surface area contributed by atoms with Crippen molar-refractivity contribution in [2.75, 3.05) is 0 Å². The van der Waals surface area contributed by atoms with Crippen LogP contribution < -0.4 is 0 Å². The summed E-state index contributed by atoms with van der Waals surface area (Å²) in [6, 6.07) is 0. The Labute approximate surface area is 97.6 Å². The molecule has 0 aliphatic carbocycles. The van der Waals surface area contributed by atoms with Crippen LogP contribution in [-0.2, 0) is 11.2 Å². The van der Waals surface area contributed by atoms with E-state index in [1.165, 1.54) is 6.33 Å². The van der Waals surface area contributed by atoms with Gasteiger partial charge >= 0.3 is 0 Å². The van der Waals surface area contributed by atoms with Crippen LogP contribution in [0.5, 0.6) is 0 Å². The molecular formula is C10H13N5O2. The van der Waals surface area contributed by atoms with Crippen molar-refractivity contribution in [2.45, 2.75) is 26.7 Å². The highest BCUT2D eigenvalue weighted by molar-refractivity contribution is 5.80. The zero-order valence-electron chi connectivity index (χ0n) is 9.67. The van der Waals surface area contributed by atoms with E-state index in [0.29, 0.717) is 29.9 Å². The van der Waals surface area contributed by atoms with Gasteiger partial charge in [-0.1, -0.05) is 19.0 Å². The number of ketones is 1. The first-order chi connectivity index (χ1) is 8.15. The number of aromatic nitrogens is 5. The number of carbonyl (C=O) groups is 1. The quantitative estimate of drug-likeness (QED) is 0.830. The molecule has 2 aromatic rings. The van der Waals surface area contributed by atoms with Gasteiger partial charge in [-0.15, -0.1) is 0 Å². The lowest BCUT2D eigenvalue weighted by atomic mass is 10.1. The van der Waals surface area contributed by atoms with Crippen molar-refractivity contribution >= 4 is 5.78 Å². The molecule has 17 heavy (non-hydrogen) atoms. The minimum atomic E-state index is 0.0905. The number of nitrogens with one attached hydrogen (secondary N) is 1. The minimum absolute atomic E-state index is 0.0905. The van der Waals surface area contributed by atoms with Gasteiger partial charge in [0.25, 0.3) is 0 Å². The standard InChI is InChI=1S/C10H13N5O2/c1-6(2)3-7(16)4-8-13-10(15-17-8)9-11-5-12-14-9/h5-6H,3-4H2,1-2H3,(H,11,12,14). The summed E-state index contributed by atoms with van der Waals surface area (Å²) in [5.41, 5.74) is 0. The van der Waals surface area contributed by atoms with E-state index in [4.69, 9.17) is 4.52 Å². The molecule has 0 saturated carbocycles. The number of hydrogen-bond acceptors (Lipinski definition) is 6. The van der Waals surface area contributed by atoms with Crippen LogP contribution in [0.3, 0.4) is 0 Å². The maximum absolute atomic E-state index is 11.6. The Morgan fingerprint density at radius 2 is 2.35 bits per heavy atom. The zero-order chi connectivity index (χ0) is 12.3. The predicted molar refractivity (Wildman–Crippen MR) is 57.8 cm³/mol. The lowest BCUT2D eigenvalue weighted by Crippen LogP contribution is -2.06. The van der Waals surface area contributed by atoms with Gasteiger partial charge in [0.1, 0.15) is 12.1 Å². The second-order valence-electron chi connectivity index (χ2n) is 4.16. The van der Waals surface area contributed by atoms with Crippen LogP contribution in [0.4, 0.5) is 0 Å². The third-order valence-electron chi connectivity index (χ3n) is 2.08. The average molecular weight is 235 g/mol. The van der Waals surface area contributed by atoms with Crippen LogP contribution in [0.1, 0.15) is 26.2 Å². The molecule has 2 aromatic heterocycles. The summed E-state index contributed by atoms with van der Waals surface area (Å²) in [5, 5.41) is 10.0. The van der Waals surface area contributed by atoms with Crippen LogP contribution in [-0.4, -0.2) is 31.1 Å². The molecule has 0 atom stereocenters. The first-order valence-electron chi connectivity index (χ1n) is 5.35. The van der Waals surface area contributed by atoms with Crippen molar-refractivity contribution < 1.29 is 9.32 Å². The molecule has 0 aliphatic heterocycles. The fourth-order valence-corrected chi connectivity index (χ4v) is 1.43. The maximum atomic E-state index is 11.6. The number of H-pyrrole nitrogens is 1. The largest absolute Gasteiger partial charge is 0.338 e. The molecule has 2 rings (SSSR count). The third-order valence-corrected chi connectivity index (χ3v) is 2.08. The molecule has 0 amide bonds. The summed E-state index contributed by atoms with van der Waals surface area (Å²) in [6.07, 6.45) is 2.04. The molecule has 0 aromatic carbocycles. The molecule has 0 spiro atoms. The SMILES string of the molecule is CC(C)CC(=O)Cc1nc(-c2ncn[nH]2)no1. The summed E-state index contributed by atoms with van der Waals surface area (Å²) in [6.45, 7) is 3.98. The van der Waals surface area contributed by atoms with Crippen LogP contribution in [0, 0.1) is 5.92 Å². The molecule has 0 unspecified atom stereocenters. The molecule has 0 aliphatic rings. The Hall–Kier alpha value is -2.05. The average Bonchev–Trinajstić information content (AvgIpc) is 2.84. The molecule has 7 nitrogen and oxygen atoms in total. The predicted octanol–water partition coefficient (Wildman–Crippen LogP) is 1.01. The van der Waals surface area contributed by atoms with E-state index in [2.05, 4.69) is 25.3 Å². The fraction of sp³-hybridized carbons (Fsp3) is 0.500. The Kier molecular flexibility index (Phi) is 3.27. The van der Waals surface area contributed by atoms with Crippen molar-refractivity contribution in [3.05, 3.63) is 12.2 Å². The van der Waals surface area contributed by atoms with Crippen molar-refractivity contribution in [1.29, 1.82) is 0 Å². The monoisotopic (exact) mass is 235 g/mol. The molecule has 0 radical (unpaired) electrons. The first-order valence-corrected chi connectivity index (χ1v) is 5.35. The van der Waals surface area contributed by atoms with Gasteiger partial charge in [0.2, 0.25) is 11.7 Å². The van der Waals surface area contributed by atoms with Crippen molar-refractivity contribution in [3.63, 3.8) is 0 Å². The van der Waals surface area contributed by atoms with Crippen molar-refractivity contribution in [3.8, 4) is 11.6 Å². The number of Topliss-reactive ketones (excluding diaryl/α,β-unsaturated/α-hetero) is 1. The summed E-state index contributed by atoms with van der Waals surface area (Å²) < 4.78 is 4.97. The molecule has 0 saturated heterocycles. The van der Waals surface area contributed by atoms with Crippen LogP contribution in [0.2, 0.25) is 0 Å². The molecule has 2 heterocycles. The zero-order valence-corrected chi connectivity index (χ0v) is 9.67. The molecule has 1 N–H and O–H groups in total. The number of nitrogens with zero attached hydrogens (tertiary/aromatic N) is 4. The third kappa shape index (κ3) is 2.96. The summed E-state index contributed by atoms with van der Waals surface area (Å²) >= 11 is 0. The van der Waals surface area contributed by atoms with Crippen molar-refractivity contribution in [2.24, 2.45) is 5.92 Å². The lowest BCUT2D eigenvalue weighted by molar-refractivity contribution is -0.119. The minimum Gasteiger partial charge on any atom is -0.338 e. The van der Waals surface area contributed by atoms with E-state index >= 15 is 0 Å². The highest BCUT2D eigenvalue weighted by Gasteiger charge is 2.14. The molecular weight excluding hydrogens is 222 g/mol. The highest BCUT2D eigenvalue weighted by Crippen LogP contribution is 2.10. The first kappa shape index (κ1) is 11.4. The Balaban J connectivity index is 2.02. The Bertz CT molecular complexity index is 489. The topological polar surface area (TPSA) is 97.6 Å². The van der Waals surface area contributed by atoms with Gasteiger partial charge in [0.05, 0.1) is 6.42 Å². The highest BCUT2D eigenvalue weighted by atomic mass is 16.5. The van der Waals surface area contributed by atoms with E-state index in [-0.39, 0.29) is 12.2 Å². The number of carbonyl (C=O) groups excluding carboxylic acids is 1. The Morgan fingerprint density at radius 3 is 3.00 bits per heavy atom. The number of aromatic amines is 1. The normalized spacial score (nSPS) is 11.0. The summed E-state index contributed by atoms with van der Waals surface area (Å²) in [5.74, 6) is 1.47. The van der Waals surface area contributed by atoms with Gasteiger partial charge in [-0.05, 0) is 5.92 Å².